The molecule has 2 heterocycles. The van der Waals surface area contributed by atoms with Gasteiger partial charge in [0.15, 0.2) is 0 Å². The van der Waals surface area contributed by atoms with Crippen LogP contribution in [-0.2, 0) is 9.59 Å². The maximum atomic E-state index is 12.9. The van der Waals surface area contributed by atoms with Gasteiger partial charge in [-0.15, -0.1) is 11.8 Å². The average molecular weight is 440 g/mol. The van der Waals surface area contributed by atoms with Crippen LogP contribution in [0.15, 0.2) is 29.3 Å². The van der Waals surface area contributed by atoms with Crippen LogP contribution in [0.25, 0.3) is 5.57 Å². The number of nitrogens with zero attached hydrogens (tertiary/aromatic N) is 4. The molecule has 0 aromatic heterocycles. The van der Waals surface area contributed by atoms with Crippen LogP contribution < -0.4 is 10.2 Å². The Hall–Kier alpha value is -2.79. The van der Waals surface area contributed by atoms with Crippen molar-refractivity contribution in [3.63, 3.8) is 0 Å². The number of hydrogen-bond acceptors (Lipinski definition) is 6. The Kier molecular flexibility index (Phi) is 7.06. The van der Waals surface area contributed by atoms with Gasteiger partial charge in [-0.25, -0.2) is 0 Å². The first kappa shape index (κ1) is 22.9. The van der Waals surface area contributed by atoms with Gasteiger partial charge in [0.1, 0.15) is 6.04 Å². The van der Waals surface area contributed by atoms with E-state index >= 15 is 0 Å². The van der Waals surface area contributed by atoms with E-state index in [9.17, 15) is 9.59 Å². The molecule has 1 aromatic carbocycles. The summed E-state index contributed by atoms with van der Waals surface area (Å²) < 4.78 is 0. The van der Waals surface area contributed by atoms with E-state index in [0.29, 0.717) is 33.9 Å². The second-order valence-electron chi connectivity index (χ2n) is 8.27. The van der Waals surface area contributed by atoms with E-state index in [4.69, 9.17) is 5.26 Å². The lowest BCUT2D eigenvalue weighted by Crippen LogP contribution is -2.54. The second-order valence-corrected chi connectivity index (χ2v) is 9.27. The predicted octanol–water partition coefficient (Wildman–Crippen LogP) is 3.20. The number of benzene rings is 1. The number of carbonyl (C=O) groups is 2. The Balaban J connectivity index is 1.73. The SMILES string of the molecule is C=Nc1ccc(N2CC(C)(CC)C2)cc1/C(=C\C)C(=O)NCC(=O)N1CSC[C@H]1C#N. The molecular formula is C23H29N5O2S. The summed E-state index contributed by atoms with van der Waals surface area (Å²) in [5.74, 6) is 0.476. The fraction of sp³-hybridized carbons (Fsp3) is 0.478. The lowest BCUT2D eigenvalue weighted by atomic mass is 9.79. The highest BCUT2D eigenvalue weighted by Gasteiger charge is 2.37. The summed E-state index contributed by atoms with van der Waals surface area (Å²) >= 11 is 1.54. The monoisotopic (exact) mass is 439 g/mol. The molecule has 164 valence electrons. The van der Waals surface area contributed by atoms with Crippen molar-refractivity contribution in [1.82, 2.24) is 10.2 Å². The highest BCUT2D eigenvalue weighted by molar-refractivity contribution is 7.99. The number of aliphatic imine (C=N–C) groups is 1. The Morgan fingerprint density at radius 2 is 2.19 bits per heavy atom. The van der Waals surface area contributed by atoms with Crippen LogP contribution in [0.2, 0.25) is 0 Å². The smallest absolute Gasteiger partial charge is 0.252 e. The number of nitrogens with one attached hydrogen (secondary N) is 1. The number of hydrogen-bond donors (Lipinski definition) is 1. The summed E-state index contributed by atoms with van der Waals surface area (Å²) in [6, 6.07) is 7.55. The molecule has 0 saturated carbocycles. The Labute approximate surface area is 188 Å². The van der Waals surface area contributed by atoms with E-state index in [-0.39, 0.29) is 18.4 Å². The minimum Gasteiger partial charge on any atom is -0.370 e. The third-order valence-corrected chi connectivity index (χ3v) is 7.10. The van der Waals surface area contributed by atoms with Gasteiger partial charge in [-0.3, -0.25) is 14.6 Å². The molecule has 3 rings (SSSR count). The topological polar surface area (TPSA) is 88.8 Å². The van der Waals surface area contributed by atoms with Gasteiger partial charge < -0.3 is 15.1 Å². The molecule has 1 atom stereocenters. The molecule has 0 bridgehead atoms. The molecule has 7 nitrogen and oxygen atoms in total. The summed E-state index contributed by atoms with van der Waals surface area (Å²) in [6.45, 7) is 11.7. The third kappa shape index (κ3) is 4.77. The first-order valence-electron chi connectivity index (χ1n) is 10.4. The quantitative estimate of drug-likeness (QED) is 0.521. The van der Waals surface area contributed by atoms with Gasteiger partial charge in [0.05, 0.1) is 24.2 Å². The summed E-state index contributed by atoms with van der Waals surface area (Å²) in [5, 5.41) is 11.9. The fourth-order valence-electron chi connectivity index (χ4n) is 3.91. The molecule has 2 amide bonds. The fourth-order valence-corrected chi connectivity index (χ4v) is 5.02. The Bertz CT molecular complexity index is 946. The molecule has 1 N–H and O–H groups in total. The van der Waals surface area contributed by atoms with Gasteiger partial charge in [0.25, 0.3) is 5.91 Å². The normalized spacial score (nSPS) is 20.1. The van der Waals surface area contributed by atoms with Crippen molar-refractivity contribution in [2.75, 3.05) is 36.2 Å². The largest absolute Gasteiger partial charge is 0.370 e. The van der Waals surface area contributed by atoms with E-state index in [1.807, 2.05) is 18.2 Å². The van der Waals surface area contributed by atoms with E-state index in [0.717, 1.165) is 25.2 Å². The molecule has 2 aliphatic heterocycles. The lowest BCUT2D eigenvalue weighted by molar-refractivity contribution is -0.131. The number of thioether (sulfide) groups is 1. The van der Waals surface area contributed by atoms with Gasteiger partial charge >= 0.3 is 0 Å². The van der Waals surface area contributed by atoms with Gasteiger partial charge in [-0.1, -0.05) is 19.9 Å². The van der Waals surface area contributed by atoms with E-state index in [1.165, 1.54) is 16.7 Å². The van der Waals surface area contributed by atoms with E-state index < -0.39 is 6.04 Å². The van der Waals surface area contributed by atoms with Crippen LogP contribution in [0, 0.1) is 16.7 Å². The molecular weight excluding hydrogens is 410 g/mol. The predicted molar refractivity (Wildman–Crippen MR) is 126 cm³/mol. The molecule has 2 aliphatic rings. The minimum absolute atomic E-state index is 0.146. The molecule has 2 saturated heterocycles. The number of carbonyl (C=O) groups excluding carboxylic acids is 2. The molecule has 0 radical (unpaired) electrons. The molecule has 31 heavy (non-hydrogen) atoms. The standard InChI is InChI=1S/C23H29N5O2S/c1-5-18(22(30)26-11-21(29)28-15-31-12-17(28)10-24)19-9-16(7-8-20(19)25-4)27-13-23(3,6-2)14-27/h5,7-9,17H,4,6,11-15H2,1-3H3,(H,26,30)/b18-5+/t17-/m1/s1. The van der Waals surface area contributed by atoms with Crippen LogP contribution in [0.1, 0.15) is 32.8 Å². The van der Waals surface area contributed by atoms with Crippen molar-refractivity contribution in [3.05, 3.63) is 29.8 Å². The van der Waals surface area contributed by atoms with Crippen molar-refractivity contribution in [1.29, 1.82) is 5.26 Å². The highest BCUT2D eigenvalue weighted by atomic mass is 32.2. The van der Waals surface area contributed by atoms with Gasteiger partial charge in [0.2, 0.25) is 5.91 Å². The molecule has 2 fully saturated rings. The summed E-state index contributed by atoms with van der Waals surface area (Å²) in [4.78, 5) is 33.3. The minimum atomic E-state index is -0.436. The van der Waals surface area contributed by atoms with Gasteiger partial charge in [0, 0.05) is 41.1 Å². The Morgan fingerprint density at radius 3 is 2.81 bits per heavy atom. The van der Waals surface area contributed by atoms with Gasteiger partial charge in [-0.2, -0.15) is 5.26 Å². The zero-order valence-electron chi connectivity index (χ0n) is 18.4. The van der Waals surface area contributed by atoms with Crippen LogP contribution in [-0.4, -0.2) is 60.7 Å². The van der Waals surface area contributed by atoms with Crippen molar-refractivity contribution in [3.8, 4) is 6.07 Å². The summed E-state index contributed by atoms with van der Waals surface area (Å²) in [6.07, 6.45) is 2.85. The van der Waals surface area contributed by atoms with Crippen molar-refractivity contribution >= 4 is 47.2 Å². The average Bonchev–Trinajstić information content (AvgIpc) is 3.24. The molecule has 0 unspecified atom stereocenters. The number of nitriles is 1. The molecule has 8 heteroatoms. The van der Waals surface area contributed by atoms with E-state index in [1.54, 1.807) is 13.0 Å². The van der Waals surface area contributed by atoms with Crippen molar-refractivity contribution < 1.29 is 9.59 Å². The maximum Gasteiger partial charge on any atom is 0.252 e. The van der Waals surface area contributed by atoms with Crippen LogP contribution in [0.5, 0.6) is 0 Å². The maximum absolute atomic E-state index is 12.9. The number of rotatable bonds is 7. The second kappa shape index (κ2) is 9.56. The molecule has 1 aromatic rings. The van der Waals surface area contributed by atoms with E-state index in [2.05, 4.69) is 41.8 Å². The zero-order valence-corrected chi connectivity index (χ0v) is 19.2. The summed E-state index contributed by atoms with van der Waals surface area (Å²) in [7, 11) is 0. The van der Waals surface area contributed by atoms with Crippen molar-refractivity contribution in [2.24, 2.45) is 10.4 Å². The number of allylic oxidation sites excluding steroid dienone is 1. The van der Waals surface area contributed by atoms with Crippen LogP contribution >= 0.6 is 11.8 Å². The first-order chi connectivity index (χ1) is 14.9. The van der Waals surface area contributed by atoms with Gasteiger partial charge in [-0.05, 0) is 38.3 Å². The first-order valence-corrected chi connectivity index (χ1v) is 11.6. The van der Waals surface area contributed by atoms with Crippen LogP contribution in [0.3, 0.4) is 0 Å². The zero-order chi connectivity index (χ0) is 22.6. The van der Waals surface area contributed by atoms with Crippen molar-refractivity contribution in [2.45, 2.75) is 33.2 Å². The lowest BCUT2D eigenvalue weighted by Gasteiger charge is -2.49. The Morgan fingerprint density at radius 1 is 1.45 bits per heavy atom. The molecule has 0 aliphatic carbocycles. The highest BCUT2D eigenvalue weighted by Crippen LogP contribution is 2.39. The summed E-state index contributed by atoms with van der Waals surface area (Å²) in [5.41, 5.74) is 3.13. The molecule has 0 spiro atoms. The number of anilines is 1. The van der Waals surface area contributed by atoms with Crippen LogP contribution in [0.4, 0.5) is 11.4 Å². The third-order valence-electron chi connectivity index (χ3n) is 6.09. The number of amides is 2.